The number of ether oxygens (including phenoxy) is 2. The van der Waals surface area contributed by atoms with Crippen LogP contribution in [0.1, 0.15) is 55.8 Å². The molecule has 1 aliphatic carbocycles. The molecule has 3 N–H and O–H groups in total. The summed E-state index contributed by atoms with van der Waals surface area (Å²) >= 11 is 0. The Balaban J connectivity index is 2.05. The molecule has 0 bridgehead atoms. The highest BCUT2D eigenvalue weighted by Gasteiger charge is 2.23. The molecule has 2 rings (SSSR count). The van der Waals surface area contributed by atoms with Gasteiger partial charge in [0.2, 0.25) is 11.8 Å². The molecule has 1 aromatic rings. The van der Waals surface area contributed by atoms with Gasteiger partial charge in [-0.2, -0.15) is 0 Å². The average Bonchev–Trinajstić information content (AvgIpc) is 2.67. The predicted molar refractivity (Wildman–Crippen MR) is 104 cm³/mol. The number of carbonyl (C=O) groups is 3. The van der Waals surface area contributed by atoms with E-state index in [0.717, 1.165) is 25.7 Å². The van der Waals surface area contributed by atoms with Crippen LogP contribution in [-0.4, -0.2) is 43.2 Å². The molecule has 0 heterocycles. The molecule has 1 aliphatic rings. The number of anilines is 1. The molecular weight excluding hydrogens is 364 g/mol. The molecule has 154 valence electrons. The number of nitrogens with one attached hydrogen (secondary N) is 2. The van der Waals surface area contributed by atoms with E-state index in [0.29, 0.717) is 12.3 Å². The number of carboxylic acid groups (broad SMARTS) is 1. The molecule has 2 amide bonds. The van der Waals surface area contributed by atoms with Crippen LogP contribution in [0.4, 0.5) is 5.69 Å². The van der Waals surface area contributed by atoms with Crippen LogP contribution in [0, 0.1) is 5.92 Å². The Hall–Kier alpha value is -2.77. The van der Waals surface area contributed by atoms with Crippen molar-refractivity contribution < 1.29 is 29.0 Å². The minimum absolute atomic E-state index is 0.0538. The smallest absolute Gasteiger partial charge is 0.335 e. The van der Waals surface area contributed by atoms with E-state index in [1.165, 1.54) is 32.8 Å². The van der Waals surface area contributed by atoms with Gasteiger partial charge in [0, 0.05) is 6.42 Å². The highest BCUT2D eigenvalue weighted by molar-refractivity contribution is 6.00. The van der Waals surface area contributed by atoms with Crippen LogP contribution in [0.2, 0.25) is 0 Å². The highest BCUT2D eigenvalue weighted by Crippen LogP contribution is 2.36. The summed E-state index contributed by atoms with van der Waals surface area (Å²) in [6.07, 6.45) is 6.03. The van der Waals surface area contributed by atoms with Crippen LogP contribution in [-0.2, 0) is 9.59 Å². The average molecular weight is 392 g/mol. The monoisotopic (exact) mass is 392 g/mol. The molecule has 28 heavy (non-hydrogen) atoms. The third-order valence-corrected chi connectivity index (χ3v) is 4.95. The van der Waals surface area contributed by atoms with E-state index in [9.17, 15) is 19.5 Å². The number of aromatic carboxylic acids is 1. The Kier molecular flexibility index (Phi) is 7.66. The molecule has 1 unspecified atom stereocenters. The van der Waals surface area contributed by atoms with Crippen molar-refractivity contribution in [2.45, 2.75) is 51.5 Å². The van der Waals surface area contributed by atoms with E-state index >= 15 is 0 Å². The van der Waals surface area contributed by atoms with Crippen molar-refractivity contribution in [2.75, 3.05) is 19.5 Å². The normalized spacial score (nSPS) is 15.4. The number of benzene rings is 1. The maximum atomic E-state index is 12.5. The molecule has 8 nitrogen and oxygen atoms in total. The predicted octanol–water partition coefficient (Wildman–Crippen LogP) is 2.82. The second kappa shape index (κ2) is 9.96. The highest BCUT2D eigenvalue weighted by atomic mass is 16.5. The molecule has 8 heteroatoms. The Labute approximate surface area is 164 Å². The first-order valence-electron chi connectivity index (χ1n) is 9.45. The largest absolute Gasteiger partial charge is 0.493 e. The van der Waals surface area contributed by atoms with Gasteiger partial charge in [-0.15, -0.1) is 0 Å². The molecule has 0 aliphatic heterocycles. The topological polar surface area (TPSA) is 114 Å². The van der Waals surface area contributed by atoms with Crippen molar-refractivity contribution in [3.63, 3.8) is 0 Å². The number of hydrogen-bond donors (Lipinski definition) is 3. The lowest BCUT2D eigenvalue weighted by atomic mass is 9.87. The van der Waals surface area contributed by atoms with Crippen LogP contribution >= 0.6 is 0 Å². The van der Waals surface area contributed by atoms with Gasteiger partial charge in [-0.3, -0.25) is 9.59 Å². The van der Waals surface area contributed by atoms with Crippen molar-refractivity contribution in [1.82, 2.24) is 5.32 Å². The summed E-state index contributed by atoms with van der Waals surface area (Å²) in [6.45, 7) is 1.58. The zero-order valence-electron chi connectivity index (χ0n) is 16.5. The lowest BCUT2D eigenvalue weighted by molar-refractivity contribution is -0.127. The van der Waals surface area contributed by atoms with Gasteiger partial charge < -0.3 is 25.2 Å². The molecule has 0 spiro atoms. The first kappa shape index (κ1) is 21.5. The first-order chi connectivity index (χ1) is 13.3. The van der Waals surface area contributed by atoms with Gasteiger partial charge in [0.05, 0.1) is 25.5 Å². The van der Waals surface area contributed by atoms with Crippen LogP contribution < -0.4 is 20.1 Å². The summed E-state index contributed by atoms with van der Waals surface area (Å²) in [6, 6.07) is 1.82. The third kappa shape index (κ3) is 5.61. The summed E-state index contributed by atoms with van der Waals surface area (Å²) in [5, 5.41) is 14.6. The van der Waals surface area contributed by atoms with Gasteiger partial charge in [-0.25, -0.2) is 4.79 Å². The molecule has 1 fully saturated rings. The van der Waals surface area contributed by atoms with Gasteiger partial charge >= 0.3 is 5.97 Å². The van der Waals surface area contributed by atoms with E-state index in [4.69, 9.17) is 9.47 Å². The van der Waals surface area contributed by atoms with Gasteiger partial charge in [-0.1, -0.05) is 19.3 Å². The van der Waals surface area contributed by atoms with Crippen molar-refractivity contribution in [1.29, 1.82) is 0 Å². The van der Waals surface area contributed by atoms with E-state index in [2.05, 4.69) is 10.6 Å². The van der Waals surface area contributed by atoms with Crippen LogP contribution in [0.3, 0.4) is 0 Å². The zero-order chi connectivity index (χ0) is 20.7. The zero-order valence-corrected chi connectivity index (χ0v) is 16.5. The molecule has 0 radical (unpaired) electrons. The molecule has 0 aromatic heterocycles. The maximum Gasteiger partial charge on any atom is 0.335 e. The molecule has 1 saturated carbocycles. The second-order valence-electron chi connectivity index (χ2n) is 7.05. The fraction of sp³-hybridized carbons (Fsp3) is 0.550. The Bertz CT molecular complexity index is 728. The van der Waals surface area contributed by atoms with Crippen molar-refractivity contribution in [3.05, 3.63) is 17.7 Å². The molecule has 1 atom stereocenters. The Morgan fingerprint density at radius 2 is 1.82 bits per heavy atom. The van der Waals surface area contributed by atoms with E-state index in [1.54, 1.807) is 6.92 Å². The first-order valence-corrected chi connectivity index (χ1v) is 9.45. The summed E-state index contributed by atoms with van der Waals surface area (Å²) in [5.74, 6) is -1.02. The van der Waals surface area contributed by atoms with Gasteiger partial charge in [0.25, 0.3) is 0 Å². The van der Waals surface area contributed by atoms with Gasteiger partial charge in [0.15, 0.2) is 11.5 Å². The fourth-order valence-corrected chi connectivity index (χ4v) is 3.44. The van der Waals surface area contributed by atoms with E-state index < -0.39 is 17.9 Å². The summed E-state index contributed by atoms with van der Waals surface area (Å²) in [4.78, 5) is 36.1. The van der Waals surface area contributed by atoms with Crippen LogP contribution in [0.15, 0.2) is 12.1 Å². The van der Waals surface area contributed by atoms with Crippen molar-refractivity contribution >= 4 is 23.5 Å². The number of methoxy groups -OCH3 is 2. The lowest BCUT2D eigenvalue weighted by Crippen LogP contribution is -2.42. The Morgan fingerprint density at radius 3 is 2.39 bits per heavy atom. The summed E-state index contributed by atoms with van der Waals surface area (Å²) in [5.41, 5.74) is 0.111. The molecule has 0 saturated heterocycles. The summed E-state index contributed by atoms with van der Waals surface area (Å²) < 4.78 is 10.4. The number of carboxylic acids is 1. The minimum atomic E-state index is -1.16. The van der Waals surface area contributed by atoms with Gasteiger partial charge in [0.1, 0.15) is 6.04 Å². The van der Waals surface area contributed by atoms with Crippen molar-refractivity contribution in [3.8, 4) is 11.5 Å². The number of amides is 2. The van der Waals surface area contributed by atoms with E-state index in [1.807, 2.05) is 0 Å². The Morgan fingerprint density at radius 1 is 1.14 bits per heavy atom. The van der Waals surface area contributed by atoms with Crippen LogP contribution in [0.5, 0.6) is 11.5 Å². The number of rotatable bonds is 8. The van der Waals surface area contributed by atoms with E-state index in [-0.39, 0.29) is 28.7 Å². The number of carbonyl (C=O) groups excluding carboxylic acids is 2. The summed E-state index contributed by atoms with van der Waals surface area (Å²) in [7, 11) is 2.77. The quantitative estimate of drug-likeness (QED) is 0.627. The molecule has 1 aromatic carbocycles. The fourth-order valence-electron chi connectivity index (χ4n) is 3.44. The maximum absolute atomic E-state index is 12.5. The number of hydrogen-bond acceptors (Lipinski definition) is 5. The molecular formula is C20H28N2O6. The van der Waals surface area contributed by atoms with Crippen molar-refractivity contribution in [2.24, 2.45) is 5.92 Å². The third-order valence-electron chi connectivity index (χ3n) is 4.95. The SMILES string of the molecule is COc1cc(C(=O)O)cc(NC(=O)C(C)NC(=O)CC2CCCCC2)c1OC. The van der Waals surface area contributed by atoms with Crippen LogP contribution in [0.25, 0.3) is 0 Å². The lowest BCUT2D eigenvalue weighted by Gasteiger charge is -2.22. The minimum Gasteiger partial charge on any atom is -0.493 e. The second-order valence-corrected chi connectivity index (χ2v) is 7.05. The standard InChI is InChI=1S/C20H28N2O6/c1-12(21-17(23)9-13-7-5-4-6-8-13)19(24)22-15-10-14(20(25)26)11-16(27-2)18(15)28-3/h10-13H,4-9H2,1-3H3,(H,21,23)(H,22,24)(H,25,26). The van der Waals surface area contributed by atoms with Gasteiger partial charge in [-0.05, 0) is 37.8 Å².